The maximum atomic E-state index is 11.6. The lowest BCUT2D eigenvalue weighted by molar-refractivity contribution is 0.125. The summed E-state index contributed by atoms with van der Waals surface area (Å²) in [6.07, 6.45) is 5.70. The van der Waals surface area contributed by atoms with Crippen molar-refractivity contribution in [3.05, 3.63) is 0 Å². The summed E-state index contributed by atoms with van der Waals surface area (Å²) in [5.41, 5.74) is 6.92. The standard InChI is InChI=1S/C10H21FNO/c11-7-3-1-5-9-13-10-6-2-4-8-12/h12H,1-10H2. The second-order valence-electron chi connectivity index (χ2n) is 3.17. The van der Waals surface area contributed by atoms with Crippen LogP contribution in [-0.2, 0) is 4.74 Å². The highest BCUT2D eigenvalue weighted by atomic mass is 19.1. The van der Waals surface area contributed by atoms with Crippen LogP contribution < -0.4 is 5.73 Å². The molecule has 0 fully saturated rings. The summed E-state index contributed by atoms with van der Waals surface area (Å²) in [7, 11) is 0. The van der Waals surface area contributed by atoms with Crippen LogP contribution in [0.5, 0.6) is 0 Å². The highest BCUT2D eigenvalue weighted by Gasteiger charge is 1.91. The van der Waals surface area contributed by atoms with E-state index in [-0.39, 0.29) is 6.67 Å². The SMILES string of the molecule is [NH]CCCCCOCCCCCF. The fraction of sp³-hybridized carbons (Fsp3) is 1.00. The highest BCUT2D eigenvalue weighted by molar-refractivity contribution is 4.42. The van der Waals surface area contributed by atoms with Crippen LogP contribution in [0.2, 0.25) is 0 Å². The first-order valence-electron chi connectivity index (χ1n) is 5.20. The molecule has 0 spiro atoms. The van der Waals surface area contributed by atoms with E-state index in [1.165, 1.54) is 0 Å². The van der Waals surface area contributed by atoms with Crippen LogP contribution in [0.15, 0.2) is 0 Å². The fourth-order valence-electron chi connectivity index (χ4n) is 1.08. The molecule has 0 aromatic rings. The van der Waals surface area contributed by atoms with Gasteiger partial charge in [-0.15, -0.1) is 0 Å². The van der Waals surface area contributed by atoms with E-state index in [4.69, 9.17) is 10.5 Å². The molecule has 0 atom stereocenters. The van der Waals surface area contributed by atoms with Gasteiger partial charge in [-0.2, -0.15) is 0 Å². The molecule has 3 heteroatoms. The molecule has 0 bridgehead atoms. The number of unbranched alkanes of at least 4 members (excludes halogenated alkanes) is 4. The van der Waals surface area contributed by atoms with Gasteiger partial charge in [0, 0.05) is 19.8 Å². The van der Waals surface area contributed by atoms with E-state index in [0.717, 1.165) is 45.3 Å². The van der Waals surface area contributed by atoms with Crippen molar-refractivity contribution in [3.8, 4) is 0 Å². The monoisotopic (exact) mass is 190 g/mol. The molecular formula is C10H21FNO. The second kappa shape index (κ2) is 11.8. The van der Waals surface area contributed by atoms with Gasteiger partial charge in [0.05, 0.1) is 6.67 Å². The summed E-state index contributed by atoms with van der Waals surface area (Å²) < 4.78 is 17.0. The molecule has 13 heavy (non-hydrogen) atoms. The molecule has 1 N–H and O–H groups in total. The van der Waals surface area contributed by atoms with Gasteiger partial charge in [-0.1, -0.05) is 0 Å². The molecule has 0 saturated heterocycles. The Morgan fingerprint density at radius 3 is 2.00 bits per heavy atom. The van der Waals surface area contributed by atoms with Gasteiger partial charge in [-0.05, 0) is 38.5 Å². The third-order valence-corrected chi connectivity index (χ3v) is 1.89. The molecule has 0 aliphatic rings. The summed E-state index contributed by atoms with van der Waals surface area (Å²) in [5, 5.41) is 0. The summed E-state index contributed by atoms with van der Waals surface area (Å²) in [6, 6.07) is 0. The number of nitrogens with one attached hydrogen (secondary N) is 1. The van der Waals surface area contributed by atoms with Gasteiger partial charge in [0.25, 0.3) is 0 Å². The van der Waals surface area contributed by atoms with E-state index in [1.54, 1.807) is 0 Å². The van der Waals surface area contributed by atoms with E-state index >= 15 is 0 Å². The average Bonchev–Trinajstić information content (AvgIpc) is 2.16. The lowest BCUT2D eigenvalue weighted by Crippen LogP contribution is -1.98. The van der Waals surface area contributed by atoms with E-state index in [9.17, 15) is 4.39 Å². The van der Waals surface area contributed by atoms with Crippen molar-refractivity contribution in [1.29, 1.82) is 0 Å². The van der Waals surface area contributed by atoms with Gasteiger partial charge in [0.15, 0.2) is 0 Å². The number of ether oxygens (including phenoxy) is 1. The summed E-state index contributed by atoms with van der Waals surface area (Å²) in [5.74, 6) is 0. The van der Waals surface area contributed by atoms with Gasteiger partial charge >= 0.3 is 0 Å². The highest BCUT2D eigenvalue weighted by Crippen LogP contribution is 1.98. The van der Waals surface area contributed by atoms with Crippen LogP contribution in [0.3, 0.4) is 0 Å². The third kappa shape index (κ3) is 11.9. The molecule has 0 aliphatic carbocycles. The zero-order valence-electron chi connectivity index (χ0n) is 8.36. The quantitative estimate of drug-likeness (QED) is 0.487. The maximum absolute atomic E-state index is 11.6. The predicted octanol–water partition coefficient (Wildman–Crippen LogP) is 2.60. The number of hydrogen-bond acceptors (Lipinski definition) is 1. The minimum atomic E-state index is -0.205. The molecule has 79 valence electrons. The Hall–Kier alpha value is -0.150. The van der Waals surface area contributed by atoms with E-state index < -0.39 is 0 Å². The average molecular weight is 190 g/mol. The van der Waals surface area contributed by atoms with Crippen molar-refractivity contribution < 1.29 is 9.13 Å². The largest absolute Gasteiger partial charge is 0.381 e. The molecule has 0 aromatic carbocycles. The molecular weight excluding hydrogens is 169 g/mol. The lowest BCUT2D eigenvalue weighted by atomic mass is 10.2. The normalized spacial score (nSPS) is 10.6. The lowest BCUT2D eigenvalue weighted by Gasteiger charge is -2.02. The minimum Gasteiger partial charge on any atom is -0.381 e. The summed E-state index contributed by atoms with van der Waals surface area (Å²) in [6.45, 7) is 1.89. The molecule has 0 saturated carbocycles. The maximum Gasteiger partial charge on any atom is 0.0894 e. The van der Waals surface area contributed by atoms with Crippen LogP contribution in [0.1, 0.15) is 38.5 Å². The topological polar surface area (TPSA) is 33.0 Å². The van der Waals surface area contributed by atoms with Crippen molar-refractivity contribution in [2.45, 2.75) is 38.5 Å². The zero-order valence-corrected chi connectivity index (χ0v) is 8.36. The Morgan fingerprint density at radius 2 is 1.46 bits per heavy atom. The van der Waals surface area contributed by atoms with Gasteiger partial charge in [0.1, 0.15) is 0 Å². The molecule has 2 nitrogen and oxygen atoms in total. The molecule has 0 aromatic heterocycles. The Morgan fingerprint density at radius 1 is 0.846 bits per heavy atom. The van der Waals surface area contributed by atoms with Crippen molar-refractivity contribution in [2.24, 2.45) is 0 Å². The summed E-state index contributed by atoms with van der Waals surface area (Å²) in [4.78, 5) is 0. The first-order valence-corrected chi connectivity index (χ1v) is 5.20. The number of hydrogen-bond donors (Lipinski definition) is 0. The van der Waals surface area contributed by atoms with Crippen LogP contribution in [0.4, 0.5) is 4.39 Å². The van der Waals surface area contributed by atoms with Crippen molar-refractivity contribution in [1.82, 2.24) is 5.73 Å². The van der Waals surface area contributed by atoms with E-state index in [2.05, 4.69) is 0 Å². The van der Waals surface area contributed by atoms with Crippen molar-refractivity contribution >= 4 is 0 Å². The molecule has 0 aliphatic heterocycles. The smallest absolute Gasteiger partial charge is 0.0894 e. The van der Waals surface area contributed by atoms with Crippen molar-refractivity contribution in [2.75, 3.05) is 26.4 Å². The minimum absolute atomic E-state index is 0.205. The van der Waals surface area contributed by atoms with Crippen molar-refractivity contribution in [3.63, 3.8) is 0 Å². The van der Waals surface area contributed by atoms with Gasteiger partial charge in [0.2, 0.25) is 0 Å². The fourth-order valence-corrected chi connectivity index (χ4v) is 1.08. The molecule has 0 rings (SSSR count). The van der Waals surface area contributed by atoms with Gasteiger partial charge in [-0.3, -0.25) is 10.1 Å². The second-order valence-corrected chi connectivity index (χ2v) is 3.17. The third-order valence-electron chi connectivity index (χ3n) is 1.89. The van der Waals surface area contributed by atoms with Crippen LogP contribution in [0.25, 0.3) is 0 Å². The van der Waals surface area contributed by atoms with Crippen LogP contribution >= 0.6 is 0 Å². The van der Waals surface area contributed by atoms with E-state index in [0.29, 0.717) is 13.0 Å². The summed E-state index contributed by atoms with van der Waals surface area (Å²) >= 11 is 0. The van der Waals surface area contributed by atoms with Crippen LogP contribution in [-0.4, -0.2) is 26.4 Å². The first-order chi connectivity index (χ1) is 6.41. The Bertz CT molecular complexity index is 81.0. The number of rotatable bonds is 10. The Labute approximate surface area is 80.6 Å². The van der Waals surface area contributed by atoms with Crippen LogP contribution in [0, 0.1) is 0 Å². The predicted molar refractivity (Wildman–Crippen MR) is 52.5 cm³/mol. The van der Waals surface area contributed by atoms with E-state index in [1.807, 2.05) is 0 Å². The zero-order chi connectivity index (χ0) is 9.78. The molecule has 0 unspecified atom stereocenters. The van der Waals surface area contributed by atoms with Gasteiger partial charge < -0.3 is 4.74 Å². The molecule has 1 radical (unpaired) electrons. The number of alkyl halides is 1. The number of halogens is 1. The Kier molecular flexibility index (Phi) is 11.7. The Balaban J connectivity index is 2.76. The first kappa shape index (κ1) is 12.8. The molecule has 0 amide bonds. The van der Waals surface area contributed by atoms with Gasteiger partial charge in [-0.25, -0.2) is 0 Å². The molecule has 0 heterocycles.